The molecule has 2 rings (SSSR count). The molecule has 25 heavy (non-hydrogen) atoms. The lowest BCUT2D eigenvalue weighted by molar-refractivity contribution is -0.107. The maximum Gasteiger partial charge on any atom is 0.677 e. The number of hydrogen-bond acceptors (Lipinski definition) is 4. The molecule has 5 nitrogen and oxygen atoms in total. The largest absolute Gasteiger partial charge is 0.677 e. The summed E-state index contributed by atoms with van der Waals surface area (Å²) in [5, 5.41) is 10.4. The summed E-state index contributed by atoms with van der Waals surface area (Å²) in [7, 11) is -0.831. The zero-order valence-electron chi connectivity index (χ0n) is 14.6. The van der Waals surface area contributed by atoms with E-state index in [9.17, 15) is 13.4 Å². The standard InChI is InChI=1S/C14H15BF2N2O.C3H6N2/c1-10-8-11(2)19(15(16)17)14(10)9-13-6-5-12(18-13)4-3-7-20;1-5-3-2-4/h5-9H,3-4H2,1-2H3;5H,3H2,1H3/b13-9-;. The Morgan fingerprint density at radius 3 is 2.64 bits per heavy atom. The van der Waals surface area contributed by atoms with Crippen molar-refractivity contribution in [1.82, 2.24) is 9.79 Å². The summed E-state index contributed by atoms with van der Waals surface area (Å²) < 4.78 is 27.1. The number of aliphatic imine (C=N–C) groups is 1. The highest BCUT2D eigenvalue weighted by molar-refractivity contribution is 6.41. The third-order valence-electron chi connectivity index (χ3n) is 3.44. The highest BCUT2D eigenvalue weighted by atomic mass is 19.2. The summed E-state index contributed by atoms with van der Waals surface area (Å²) in [5.41, 5.74) is 3.22. The van der Waals surface area contributed by atoms with Crippen LogP contribution in [0.15, 0.2) is 28.9 Å². The number of hydrogen-bond donors (Lipinski definition) is 1. The first-order valence-corrected chi connectivity index (χ1v) is 7.83. The number of nitriles is 1. The van der Waals surface area contributed by atoms with E-state index in [1.165, 1.54) is 0 Å². The van der Waals surface area contributed by atoms with Gasteiger partial charge in [0.25, 0.3) is 0 Å². The highest BCUT2D eigenvalue weighted by Crippen LogP contribution is 2.22. The fraction of sp³-hybridized carbons (Fsp3) is 0.353. The van der Waals surface area contributed by atoms with Crippen molar-refractivity contribution in [3.8, 4) is 6.07 Å². The topological polar surface area (TPSA) is 70.2 Å². The Morgan fingerprint density at radius 1 is 1.40 bits per heavy atom. The van der Waals surface area contributed by atoms with E-state index in [-0.39, 0.29) is 0 Å². The normalized spacial score (nSPS) is 13.9. The third kappa shape index (κ3) is 6.12. The molecule has 0 atom stereocenters. The first kappa shape index (κ1) is 20.5. The SMILES string of the molecule is CNCC#N.Cc1cc(C)n(B(F)F)c1/C=C1/C=CC(CCC=O)=N1. The predicted octanol–water partition coefficient (Wildman–Crippen LogP) is 2.94. The number of nitrogens with one attached hydrogen (secondary N) is 1. The molecule has 1 aromatic heterocycles. The van der Waals surface area contributed by atoms with Crippen LogP contribution < -0.4 is 5.32 Å². The van der Waals surface area contributed by atoms with E-state index in [2.05, 4.69) is 10.3 Å². The third-order valence-corrected chi connectivity index (χ3v) is 3.44. The van der Waals surface area contributed by atoms with E-state index in [0.717, 1.165) is 22.0 Å². The van der Waals surface area contributed by atoms with Crippen molar-refractivity contribution < 1.29 is 13.4 Å². The van der Waals surface area contributed by atoms with Crippen LogP contribution in [0, 0.1) is 25.2 Å². The Morgan fingerprint density at radius 2 is 2.12 bits per heavy atom. The second-order valence-electron chi connectivity index (χ2n) is 5.40. The molecular weight excluding hydrogens is 325 g/mol. The quantitative estimate of drug-likeness (QED) is 0.489. The molecule has 0 amide bonds. The van der Waals surface area contributed by atoms with Gasteiger partial charge in [-0.3, -0.25) is 13.6 Å². The number of carbonyl (C=O) groups excluding carboxylic acids is 1. The van der Waals surface area contributed by atoms with Crippen LogP contribution in [-0.4, -0.2) is 37.5 Å². The Balaban J connectivity index is 0.000000550. The van der Waals surface area contributed by atoms with Crippen molar-refractivity contribution in [2.45, 2.75) is 26.7 Å². The Bertz CT molecular complexity index is 730. The molecule has 132 valence electrons. The summed E-state index contributed by atoms with van der Waals surface area (Å²) >= 11 is 0. The van der Waals surface area contributed by atoms with Crippen LogP contribution in [0.4, 0.5) is 8.63 Å². The van der Waals surface area contributed by atoms with Gasteiger partial charge in [-0.25, -0.2) is 0 Å². The number of rotatable bonds is 6. The maximum absolute atomic E-state index is 13.1. The summed E-state index contributed by atoms with van der Waals surface area (Å²) in [6, 6.07) is 3.64. The predicted molar refractivity (Wildman–Crippen MR) is 96.7 cm³/mol. The number of nitrogens with zero attached hydrogens (tertiary/aromatic N) is 3. The Hall–Kier alpha value is -2.53. The van der Waals surface area contributed by atoms with E-state index in [4.69, 9.17) is 5.26 Å². The van der Waals surface area contributed by atoms with Crippen molar-refractivity contribution in [2.24, 2.45) is 4.99 Å². The van der Waals surface area contributed by atoms with Crippen molar-refractivity contribution >= 4 is 25.5 Å². The summed E-state index contributed by atoms with van der Waals surface area (Å²) in [5.74, 6) is 0. The van der Waals surface area contributed by atoms with Gasteiger partial charge < -0.3 is 14.6 Å². The van der Waals surface area contributed by atoms with E-state index in [1.807, 2.05) is 12.1 Å². The minimum atomic E-state index is -2.57. The molecular formula is C17H21BF2N4O. The zero-order valence-corrected chi connectivity index (χ0v) is 14.6. The van der Waals surface area contributed by atoms with Gasteiger partial charge in [-0.15, -0.1) is 0 Å². The van der Waals surface area contributed by atoms with Crippen LogP contribution in [0.3, 0.4) is 0 Å². The molecule has 1 N–H and O–H groups in total. The molecule has 0 spiro atoms. The van der Waals surface area contributed by atoms with Gasteiger partial charge in [-0.05, 0) is 57.2 Å². The molecule has 2 heterocycles. The summed E-state index contributed by atoms with van der Waals surface area (Å²) in [4.78, 5) is 14.6. The number of aryl methyl sites for hydroxylation is 2. The van der Waals surface area contributed by atoms with Crippen LogP contribution in [0.25, 0.3) is 6.08 Å². The molecule has 1 aliphatic heterocycles. The second kappa shape index (κ2) is 10.4. The smallest absolute Gasteiger partial charge is 0.329 e. The zero-order chi connectivity index (χ0) is 18.8. The second-order valence-corrected chi connectivity index (χ2v) is 5.40. The van der Waals surface area contributed by atoms with Crippen LogP contribution in [0.1, 0.15) is 29.8 Å². The highest BCUT2D eigenvalue weighted by Gasteiger charge is 2.23. The monoisotopic (exact) mass is 346 g/mol. The van der Waals surface area contributed by atoms with E-state index in [0.29, 0.717) is 36.5 Å². The number of carbonyl (C=O) groups is 1. The number of allylic oxidation sites excluding steroid dienone is 2. The van der Waals surface area contributed by atoms with Gasteiger partial charge in [0.15, 0.2) is 0 Å². The summed E-state index contributed by atoms with van der Waals surface area (Å²) in [6.45, 7) is 3.90. The van der Waals surface area contributed by atoms with Crippen LogP contribution in [0.5, 0.6) is 0 Å². The number of halogens is 2. The van der Waals surface area contributed by atoms with Gasteiger partial charge in [-0.1, -0.05) is 0 Å². The van der Waals surface area contributed by atoms with E-state index < -0.39 is 7.40 Å². The fourth-order valence-corrected chi connectivity index (χ4v) is 2.35. The van der Waals surface area contributed by atoms with Crippen LogP contribution in [-0.2, 0) is 4.79 Å². The molecule has 0 unspecified atom stereocenters. The van der Waals surface area contributed by atoms with Gasteiger partial charge in [-0.2, -0.15) is 5.26 Å². The van der Waals surface area contributed by atoms with Crippen molar-refractivity contribution in [3.63, 3.8) is 0 Å². The molecule has 0 saturated heterocycles. The molecule has 0 bridgehead atoms. The molecule has 1 aliphatic rings. The lowest BCUT2D eigenvalue weighted by Gasteiger charge is -2.05. The van der Waals surface area contributed by atoms with Crippen molar-refractivity contribution in [2.75, 3.05) is 13.6 Å². The average molecular weight is 346 g/mol. The molecule has 0 fully saturated rings. The van der Waals surface area contributed by atoms with Crippen LogP contribution >= 0.6 is 0 Å². The van der Waals surface area contributed by atoms with Gasteiger partial charge in [0.1, 0.15) is 6.29 Å². The van der Waals surface area contributed by atoms with Crippen molar-refractivity contribution in [1.29, 1.82) is 5.26 Å². The maximum atomic E-state index is 13.1. The number of aldehydes is 1. The first-order valence-electron chi connectivity index (χ1n) is 7.83. The van der Waals surface area contributed by atoms with Gasteiger partial charge >= 0.3 is 7.40 Å². The van der Waals surface area contributed by atoms with Crippen LogP contribution in [0.2, 0.25) is 0 Å². The minimum Gasteiger partial charge on any atom is -0.329 e. The van der Waals surface area contributed by atoms with Gasteiger partial charge in [0.05, 0.1) is 18.3 Å². The molecule has 0 aromatic carbocycles. The minimum absolute atomic E-state index is 0.419. The fourth-order valence-electron chi connectivity index (χ4n) is 2.35. The van der Waals surface area contributed by atoms with E-state index >= 15 is 0 Å². The average Bonchev–Trinajstić information content (AvgIpc) is 3.11. The van der Waals surface area contributed by atoms with Crippen molar-refractivity contribution in [3.05, 3.63) is 40.9 Å². The lowest BCUT2D eigenvalue weighted by atomic mass is 10.1. The Kier molecular flexibility index (Phi) is 8.51. The molecule has 1 aromatic rings. The first-order chi connectivity index (χ1) is 11.9. The number of aromatic nitrogens is 1. The molecule has 8 heteroatoms. The van der Waals surface area contributed by atoms with Gasteiger partial charge in [0.2, 0.25) is 0 Å². The molecule has 0 saturated carbocycles. The lowest BCUT2D eigenvalue weighted by Crippen LogP contribution is -2.16. The summed E-state index contributed by atoms with van der Waals surface area (Å²) in [6.07, 6.45) is 7.07. The van der Waals surface area contributed by atoms with Gasteiger partial charge in [0, 0.05) is 23.5 Å². The Labute approximate surface area is 146 Å². The van der Waals surface area contributed by atoms with E-state index in [1.54, 1.807) is 39.1 Å². The molecule has 0 radical (unpaired) electrons. The molecule has 0 aliphatic carbocycles.